The average molecular weight is 521 g/mol. The number of aliphatic hydroxyl groups is 1. The first-order valence-corrected chi connectivity index (χ1v) is 13.2. The van der Waals surface area contributed by atoms with Gasteiger partial charge in [0.25, 0.3) is 0 Å². The highest BCUT2D eigenvalue weighted by atomic mass is 35.5. The monoisotopic (exact) mass is 520 g/mol. The Bertz CT molecular complexity index is 1050. The van der Waals surface area contributed by atoms with E-state index in [-0.39, 0.29) is 11.5 Å². The van der Waals surface area contributed by atoms with Crippen molar-refractivity contribution in [2.75, 3.05) is 26.2 Å². The number of aliphatic hydroxyl groups excluding tert-OH is 1. The molecule has 2 aliphatic rings. The fourth-order valence-electron chi connectivity index (χ4n) is 5.21. The van der Waals surface area contributed by atoms with Crippen molar-refractivity contribution in [3.05, 3.63) is 69.2 Å². The number of aryl methyl sites for hydroxylation is 1. The van der Waals surface area contributed by atoms with E-state index in [1.807, 2.05) is 13.0 Å². The van der Waals surface area contributed by atoms with Gasteiger partial charge in [-0.3, -0.25) is 9.69 Å². The lowest BCUT2D eigenvalue weighted by Crippen LogP contribution is -2.39. The second kappa shape index (κ2) is 12.0. The summed E-state index contributed by atoms with van der Waals surface area (Å²) in [5.74, 6) is -0.325. The van der Waals surface area contributed by atoms with Crippen molar-refractivity contribution in [3.63, 3.8) is 0 Å². The third-order valence-corrected chi connectivity index (χ3v) is 7.88. The number of likely N-dealkylation sites (tertiary alicyclic amines) is 2. The number of amides is 1. The molecule has 4 nitrogen and oxygen atoms in total. The van der Waals surface area contributed by atoms with Gasteiger partial charge in [0.2, 0.25) is 6.41 Å². The van der Waals surface area contributed by atoms with E-state index in [1.165, 1.54) is 11.6 Å². The summed E-state index contributed by atoms with van der Waals surface area (Å²) >= 11 is 6.15. The summed E-state index contributed by atoms with van der Waals surface area (Å²) < 4.78 is 26.5. The molecule has 2 aromatic rings. The van der Waals surface area contributed by atoms with Crippen LogP contribution in [0.3, 0.4) is 0 Å². The first-order chi connectivity index (χ1) is 16.9. The maximum atomic E-state index is 13.7. The summed E-state index contributed by atoms with van der Waals surface area (Å²) in [6.45, 7) is 13.6. The summed E-state index contributed by atoms with van der Waals surface area (Å²) in [5.41, 5.74) is 3.91. The molecule has 2 saturated heterocycles. The molecule has 1 amide bonds. The smallest absolute Gasteiger partial charge is 0.209 e. The number of halogens is 3. The molecule has 1 N–H and O–H groups in total. The topological polar surface area (TPSA) is 43.8 Å². The number of rotatable bonds is 4. The Hall–Kier alpha value is -2.02. The number of carbonyl (C=O) groups is 1. The Labute approximate surface area is 219 Å². The minimum atomic E-state index is -0.516. The standard InChI is InChI=1S/C15H20ClNO2.C14H19F2N/c1-10-7-14(13(11(2)19)8-15(10)16)12-3-5-17(9-18)6-4-12;1-14(2,3)17-7-6-10(9-17)12-5-4-11(15)8-13(12)16/h7-9,11-12,19H,3-6H2,1-2H3;4-5,8,10H,6-7,9H2,1-3H3. The van der Waals surface area contributed by atoms with Gasteiger partial charge in [0.05, 0.1) is 6.10 Å². The lowest BCUT2D eigenvalue weighted by Gasteiger charge is -2.31. The molecule has 0 saturated carbocycles. The normalized spacial score (nSPS) is 20.1. The number of hydrogen-bond acceptors (Lipinski definition) is 3. The lowest BCUT2D eigenvalue weighted by atomic mass is 9.84. The first-order valence-electron chi connectivity index (χ1n) is 12.8. The molecule has 2 atom stereocenters. The SMILES string of the molecule is CC(C)(C)N1CCC(c2ccc(F)cc2F)C1.Cc1cc(C2CCN(C=O)CC2)c(C(C)O)cc1Cl. The summed E-state index contributed by atoms with van der Waals surface area (Å²) in [7, 11) is 0. The van der Waals surface area contributed by atoms with Crippen LogP contribution in [0.5, 0.6) is 0 Å². The molecule has 0 spiro atoms. The second-order valence-corrected chi connectivity index (χ2v) is 11.5. The van der Waals surface area contributed by atoms with Gasteiger partial charge in [0.15, 0.2) is 0 Å². The van der Waals surface area contributed by atoms with Gasteiger partial charge >= 0.3 is 0 Å². The van der Waals surface area contributed by atoms with Crippen molar-refractivity contribution >= 4 is 18.0 Å². The van der Waals surface area contributed by atoms with Crippen LogP contribution in [0, 0.1) is 18.6 Å². The number of nitrogens with zero attached hydrogens (tertiary/aromatic N) is 2. The maximum Gasteiger partial charge on any atom is 0.209 e. The predicted octanol–water partition coefficient (Wildman–Crippen LogP) is 6.59. The van der Waals surface area contributed by atoms with E-state index in [1.54, 1.807) is 17.9 Å². The van der Waals surface area contributed by atoms with E-state index in [2.05, 4.69) is 31.7 Å². The molecule has 2 aromatic carbocycles. The fourth-order valence-corrected chi connectivity index (χ4v) is 5.38. The van der Waals surface area contributed by atoms with Crippen LogP contribution in [-0.4, -0.2) is 53.0 Å². The van der Waals surface area contributed by atoms with Crippen molar-refractivity contribution < 1.29 is 18.7 Å². The number of carbonyl (C=O) groups excluding carboxylic acids is 1. The third-order valence-electron chi connectivity index (χ3n) is 7.47. The summed E-state index contributed by atoms with van der Waals surface area (Å²) in [4.78, 5) is 14.9. The van der Waals surface area contributed by atoms with Crippen LogP contribution in [-0.2, 0) is 4.79 Å². The van der Waals surface area contributed by atoms with Gasteiger partial charge in [-0.05, 0) is 101 Å². The fraction of sp³-hybridized carbons (Fsp3) is 0.552. The number of benzene rings is 2. The molecular weight excluding hydrogens is 482 g/mol. The van der Waals surface area contributed by atoms with Crippen LogP contribution in [0.25, 0.3) is 0 Å². The molecule has 0 aromatic heterocycles. The first kappa shape index (κ1) is 28.5. The van der Waals surface area contributed by atoms with Crippen molar-refractivity contribution in [2.45, 2.75) is 77.4 Å². The Kier molecular flexibility index (Phi) is 9.53. The Morgan fingerprint density at radius 1 is 1.03 bits per heavy atom. The molecule has 2 aliphatic heterocycles. The van der Waals surface area contributed by atoms with E-state index in [4.69, 9.17) is 11.6 Å². The van der Waals surface area contributed by atoms with Gasteiger partial charge in [-0.1, -0.05) is 23.7 Å². The molecular formula is C29H39ClF2N2O2. The van der Waals surface area contributed by atoms with Gasteiger partial charge < -0.3 is 10.0 Å². The Morgan fingerprint density at radius 2 is 1.67 bits per heavy atom. The second-order valence-electron chi connectivity index (χ2n) is 11.1. The summed E-state index contributed by atoms with van der Waals surface area (Å²) in [5, 5.41) is 10.6. The van der Waals surface area contributed by atoms with Crippen LogP contribution in [0.1, 0.15) is 87.2 Å². The summed E-state index contributed by atoms with van der Waals surface area (Å²) in [6, 6.07) is 7.88. The van der Waals surface area contributed by atoms with Gasteiger partial charge in [0.1, 0.15) is 11.6 Å². The third kappa shape index (κ3) is 7.05. The Balaban J connectivity index is 0.000000202. The molecule has 4 rings (SSSR count). The number of hydrogen-bond donors (Lipinski definition) is 1. The van der Waals surface area contributed by atoms with Crippen LogP contribution in [0.2, 0.25) is 5.02 Å². The zero-order valence-corrected chi connectivity index (χ0v) is 22.8. The quantitative estimate of drug-likeness (QED) is 0.462. The van der Waals surface area contributed by atoms with E-state index < -0.39 is 17.7 Å². The van der Waals surface area contributed by atoms with Gasteiger partial charge in [-0.15, -0.1) is 0 Å². The van der Waals surface area contributed by atoms with Crippen LogP contribution < -0.4 is 0 Å². The highest BCUT2D eigenvalue weighted by Gasteiger charge is 2.32. The molecule has 0 radical (unpaired) electrons. The predicted molar refractivity (Wildman–Crippen MR) is 141 cm³/mol. The molecule has 2 unspecified atom stereocenters. The molecule has 0 aliphatic carbocycles. The van der Waals surface area contributed by atoms with Gasteiger partial charge in [-0.25, -0.2) is 8.78 Å². The van der Waals surface area contributed by atoms with Crippen molar-refractivity contribution in [1.82, 2.24) is 9.80 Å². The van der Waals surface area contributed by atoms with Crippen LogP contribution >= 0.6 is 11.6 Å². The van der Waals surface area contributed by atoms with Crippen molar-refractivity contribution in [2.24, 2.45) is 0 Å². The van der Waals surface area contributed by atoms with Gasteiger partial charge in [0, 0.05) is 42.2 Å². The van der Waals surface area contributed by atoms with E-state index in [0.29, 0.717) is 16.5 Å². The zero-order chi connectivity index (χ0) is 26.6. The van der Waals surface area contributed by atoms with Crippen molar-refractivity contribution in [3.8, 4) is 0 Å². The Morgan fingerprint density at radius 3 is 2.19 bits per heavy atom. The van der Waals surface area contributed by atoms with Crippen molar-refractivity contribution in [1.29, 1.82) is 0 Å². The molecule has 198 valence electrons. The lowest BCUT2D eigenvalue weighted by molar-refractivity contribution is -0.119. The van der Waals surface area contributed by atoms with Crippen LogP contribution in [0.4, 0.5) is 8.78 Å². The minimum absolute atomic E-state index is 0.116. The minimum Gasteiger partial charge on any atom is -0.389 e. The molecule has 36 heavy (non-hydrogen) atoms. The molecule has 2 heterocycles. The highest BCUT2D eigenvalue weighted by Crippen LogP contribution is 2.36. The molecule has 7 heteroatoms. The molecule has 0 bridgehead atoms. The van der Waals surface area contributed by atoms with E-state index >= 15 is 0 Å². The highest BCUT2D eigenvalue weighted by molar-refractivity contribution is 6.31. The maximum absolute atomic E-state index is 13.7. The van der Waals surface area contributed by atoms with Crippen LogP contribution in [0.15, 0.2) is 30.3 Å². The van der Waals surface area contributed by atoms with Gasteiger partial charge in [-0.2, -0.15) is 0 Å². The molecule has 2 fully saturated rings. The summed E-state index contributed by atoms with van der Waals surface area (Å²) in [6.07, 6.45) is 3.23. The zero-order valence-electron chi connectivity index (χ0n) is 22.0. The largest absolute Gasteiger partial charge is 0.389 e. The average Bonchev–Trinajstić information content (AvgIpc) is 3.32. The number of piperidine rings is 1. The van der Waals surface area contributed by atoms with E-state index in [0.717, 1.165) is 69.0 Å². The van der Waals surface area contributed by atoms with E-state index in [9.17, 15) is 18.7 Å².